The van der Waals surface area contributed by atoms with Crippen molar-refractivity contribution in [2.24, 2.45) is 11.5 Å². The van der Waals surface area contributed by atoms with E-state index >= 15 is 0 Å². The zero-order valence-electron chi connectivity index (χ0n) is 7.56. The first-order valence-corrected chi connectivity index (χ1v) is 4.44. The van der Waals surface area contributed by atoms with Crippen LogP contribution in [0.4, 0.5) is 0 Å². The molecular formula is C9H12N2O2S. The standard InChI is InChI=1S/C9H12N2O2S/c1-6(8(5-11)3-4-10)14-7(2)9(12)13/h3-5H,1-2,10-11H2,(H,12,13)/b4-3-,8-5+. The summed E-state index contributed by atoms with van der Waals surface area (Å²) in [4.78, 5) is 10.9. The molecule has 4 nitrogen and oxygen atoms in total. The van der Waals surface area contributed by atoms with Gasteiger partial charge in [0, 0.05) is 16.7 Å². The molecule has 0 atom stereocenters. The van der Waals surface area contributed by atoms with E-state index in [1.807, 2.05) is 0 Å². The summed E-state index contributed by atoms with van der Waals surface area (Å²) in [5, 5.41) is 8.56. The zero-order valence-corrected chi connectivity index (χ0v) is 8.38. The molecule has 0 spiro atoms. The molecule has 0 heterocycles. The number of thioether (sulfide) groups is 1. The summed E-state index contributed by atoms with van der Waals surface area (Å²) in [6.45, 7) is 7.00. The molecule has 0 aromatic rings. The Hall–Kier alpha value is -1.62. The molecule has 0 aromatic heterocycles. The summed E-state index contributed by atoms with van der Waals surface area (Å²) in [6.07, 6.45) is 4.13. The highest BCUT2D eigenvalue weighted by Gasteiger charge is 2.08. The van der Waals surface area contributed by atoms with E-state index in [9.17, 15) is 4.79 Å². The van der Waals surface area contributed by atoms with Gasteiger partial charge in [-0.15, -0.1) is 0 Å². The fraction of sp³-hybridized carbons (Fsp3) is 0. The fourth-order valence-corrected chi connectivity index (χ4v) is 1.24. The topological polar surface area (TPSA) is 89.3 Å². The molecule has 5 N–H and O–H groups in total. The zero-order chi connectivity index (χ0) is 11.1. The Bertz CT molecular complexity index is 319. The van der Waals surface area contributed by atoms with E-state index in [4.69, 9.17) is 16.6 Å². The minimum Gasteiger partial charge on any atom is -0.477 e. The quantitative estimate of drug-likeness (QED) is 0.470. The molecule has 14 heavy (non-hydrogen) atoms. The second kappa shape index (κ2) is 5.93. The first-order chi connectivity index (χ1) is 6.52. The maximum Gasteiger partial charge on any atom is 0.341 e. The number of nitrogens with two attached hydrogens (primary N) is 2. The van der Waals surface area contributed by atoms with Crippen molar-refractivity contribution in [3.8, 4) is 0 Å². The normalized spacial score (nSPS) is 11.6. The number of aliphatic carboxylic acids is 1. The van der Waals surface area contributed by atoms with Gasteiger partial charge in [-0.2, -0.15) is 0 Å². The van der Waals surface area contributed by atoms with Crippen molar-refractivity contribution in [1.82, 2.24) is 0 Å². The van der Waals surface area contributed by atoms with E-state index in [0.717, 1.165) is 11.8 Å². The predicted octanol–water partition coefficient (Wildman–Crippen LogP) is 1.15. The molecule has 76 valence electrons. The Kier molecular flexibility index (Phi) is 5.24. The SMILES string of the molecule is C=C(SC(=C)C(/C=C\N)=C/N)C(=O)O. The predicted molar refractivity (Wildman–Crippen MR) is 59.1 cm³/mol. The van der Waals surface area contributed by atoms with E-state index in [2.05, 4.69) is 13.2 Å². The Balaban J connectivity index is 4.49. The molecule has 0 bridgehead atoms. The van der Waals surface area contributed by atoms with Gasteiger partial charge in [0.2, 0.25) is 0 Å². The average molecular weight is 212 g/mol. The average Bonchev–Trinajstić information content (AvgIpc) is 2.13. The lowest BCUT2D eigenvalue weighted by molar-refractivity contribution is -0.131. The smallest absolute Gasteiger partial charge is 0.341 e. The number of allylic oxidation sites excluding steroid dienone is 2. The summed E-state index contributed by atoms with van der Waals surface area (Å²) in [5.74, 6) is -1.08. The van der Waals surface area contributed by atoms with Crippen LogP contribution in [-0.2, 0) is 4.79 Å². The third kappa shape index (κ3) is 3.86. The van der Waals surface area contributed by atoms with Gasteiger partial charge in [0.05, 0.1) is 4.91 Å². The molecule has 0 aromatic carbocycles. The van der Waals surface area contributed by atoms with Gasteiger partial charge in [-0.1, -0.05) is 24.9 Å². The second-order valence-electron chi connectivity index (χ2n) is 2.23. The molecule has 0 unspecified atom stereocenters. The van der Waals surface area contributed by atoms with Crippen LogP contribution in [0.15, 0.2) is 47.0 Å². The van der Waals surface area contributed by atoms with Crippen molar-refractivity contribution in [3.05, 3.63) is 47.0 Å². The number of hydrogen-bond donors (Lipinski definition) is 3. The van der Waals surface area contributed by atoms with Gasteiger partial charge in [0.1, 0.15) is 0 Å². The van der Waals surface area contributed by atoms with E-state index in [1.54, 1.807) is 0 Å². The number of carbonyl (C=O) groups is 1. The van der Waals surface area contributed by atoms with Crippen LogP contribution < -0.4 is 11.5 Å². The third-order valence-electron chi connectivity index (χ3n) is 1.26. The lowest BCUT2D eigenvalue weighted by Gasteiger charge is -2.04. The van der Waals surface area contributed by atoms with E-state index in [1.165, 1.54) is 18.5 Å². The van der Waals surface area contributed by atoms with Crippen molar-refractivity contribution < 1.29 is 9.90 Å². The van der Waals surface area contributed by atoms with Gasteiger partial charge in [-0.25, -0.2) is 4.79 Å². The van der Waals surface area contributed by atoms with Crippen molar-refractivity contribution in [3.63, 3.8) is 0 Å². The van der Waals surface area contributed by atoms with Crippen LogP contribution in [0, 0.1) is 0 Å². The van der Waals surface area contributed by atoms with Crippen LogP contribution in [0.5, 0.6) is 0 Å². The van der Waals surface area contributed by atoms with Crippen molar-refractivity contribution in [2.45, 2.75) is 0 Å². The molecule has 0 aliphatic heterocycles. The highest BCUT2D eigenvalue weighted by molar-refractivity contribution is 8.07. The third-order valence-corrected chi connectivity index (χ3v) is 2.17. The molecule has 0 fully saturated rings. The van der Waals surface area contributed by atoms with Crippen LogP contribution in [0.1, 0.15) is 0 Å². The van der Waals surface area contributed by atoms with Crippen LogP contribution in [0.25, 0.3) is 0 Å². The number of hydrogen-bond acceptors (Lipinski definition) is 4. The van der Waals surface area contributed by atoms with Gasteiger partial charge in [-0.3, -0.25) is 0 Å². The van der Waals surface area contributed by atoms with Crippen LogP contribution in [0.3, 0.4) is 0 Å². The molecule has 0 aliphatic carbocycles. The van der Waals surface area contributed by atoms with E-state index in [-0.39, 0.29) is 4.91 Å². The van der Waals surface area contributed by atoms with Gasteiger partial charge in [0.25, 0.3) is 0 Å². The van der Waals surface area contributed by atoms with Crippen LogP contribution in [0.2, 0.25) is 0 Å². The summed E-state index contributed by atoms with van der Waals surface area (Å²) in [7, 11) is 0. The lowest BCUT2D eigenvalue weighted by Crippen LogP contribution is -1.96. The summed E-state index contributed by atoms with van der Waals surface area (Å²) in [6, 6.07) is 0. The van der Waals surface area contributed by atoms with Crippen LogP contribution in [-0.4, -0.2) is 11.1 Å². The minimum atomic E-state index is -1.08. The van der Waals surface area contributed by atoms with E-state index in [0.29, 0.717) is 10.5 Å². The van der Waals surface area contributed by atoms with Gasteiger partial charge < -0.3 is 16.6 Å². The van der Waals surface area contributed by atoms with Crippen molar-refractivity contribution in [2.75, 3.05) is 0 Å². The van der Waals surface area contributed by atoms with Gasteiger partial charge in [0.15, 0.2) is 0 Å². The molecule has 5 heteroatoms. The summed E-state index contributed by atoms with van der Waals surface area (Å²) in [5.41, 5.74) is 11.0. The lowest BCUT2D eigenvalue weighted by atomic mass is 10.3. The molecule has 0 amide bonds. The molecule has 0 aliphatic rings. The Morgan fingerprint density at radius 2 is 1.86 bits per heavy atom. The Labute approximate surface area is 86.7 Å². The molecule has 0 radical (unpaired) electrons. The maximum absolute atomic E-state index is 10.4. The first-order valence-electron chi connectivity index (χ1n) is 3.62. The molecule has 0 saturated carbocycles. The summed E-state index contributed by atoms with van der Waals surface area (Å²) >= 11 is 0.937. The highest BCUT2D eigenvalue weighted by Crippen LogP contribution is 2.28. The van der Waals surface area contributed by atoms with Crippen molar-refractivity contribution >= 4 is 17.7 Å². The molecular weight excluding hydrogens is 200 g/mol. The monoisotopic (exact) mass is 212 g/mol. The second-order valence-corrected chi connectivity index (χ2v) is 3.42. The Morgan fingerprint density at radius 3 is 2.21 bits per heavy atom. The highest BCUT2D eigenvalue weighted by atomic mass is 32.2. The summed E-state index contributed by atoms with van der Waals surface area (Å²) < 4.78 is 0. The maximum atomic E-state index is 10.4. The first kappa shape index (κ1) is 12.4. The number of carboxylic acid groups (broad SMARTS) is 1. The van der Waals surface area contributed by atoms with Gasteiger partial charge in [-0.05, 0) is 12.3 Å². The molecule has 0 rings (SSSR count). The van der Waals surface area contributed by atoms with Gasteiger partial charge >= 0.3 is 5.97 Å². The largest absolute Gasteiger partial charge is 0.477 e. The Morgan fingerprint density at radius 1 is 1.29 bits per heavy atom. The minimum absolute atomic E-state index is 0.0141. The van der Waals surface area contributed by atoms with E-state index < -0.39 is 5.97 Å². The van der Waals surface area contributed by atoms with Crippen molar-refractivity contribution in [1.29, 1.82) is 0 Å². The number of carboxylic acids is 1. The fourth-order valence-electron chi connectivity index (χ4n) is 0.596. The number of rotatable bonds is 5. The molecule has 0 saturated heterocycles. The van der Waals surface area contributed by atoms with Crippen LogP contribution >= 0.6 is 11.8 Å².